The van der Waals surface area contributed by atoms with Gasteiger partial charge in [-0.05, 0) is 83.7 Å². The van der Waals surface area contributed by atoms with Crippen LogP contribution in [0, 0.1) is 5.41 Å². The molecule has 1 unspecified atom stereocenters. The highest BCUT2D eigenvalue weighted by Gasteiger charge is 2.34. The second-order valence-electron chi connectivity index (χ2n) is 9.70. The largest absolute Gasteiger partial charge is 0.317 e. The minimum absolute atomic E-state index is 0.481. The summed E-state index contributed by atoms with van der Waals surface area (Å²) in [6.45, 7) is 12.0. The Hall–Kier alpha value is -0.980. The van der Waals surface area contributed by atoms with E-state index in [1.807, 2.05) is 0 Å². The zero-order valence-electron chi connectivity index (χ0n) is 17.7. The Kier molecular flexibility index (Phi) is 5.86. The van der Waals surface area contributed by atoms with E-state index in [0.29, 0.717) is 11.3 Å². The number of piperidine rings is 2. The number of rotatable bonds is 5. The topological polar surface area (TPSA) is 40.4 Å². The molecule has 0 bridgehead atoms. The lowest BCUT2D eigenvalue weighted by molar-refractivity contribution is 0.0716. The molecule has 1 atom stereocenters. The normalized spacial score (nSPS) is 28.0. The van der Waals surface area contributed by atoms with E-state index >= 15 is 0 Å². The maximum Gasteiger partial charge on any atom is 0.146 e. The van der Waals surface area contributed by atoms with Crippen molar-refractivity contribution < 1.29 is 0 Å². The minimum atomic E-state index is 0.481. The van der Waals surface area contributed by atoms with Gasteiger partial charge < -0.3 is 14.4 Å². The zero-order chi connectivity index (χ0) is 18.9. The van der Waals surface area contributed by atoms with Gasteiger partial charge in [-0.1, -0.05) is 6.92 Å². The predicted octanol–water partition coefficient (Wildman–Crippen LogP) is 2.32. The first kappa shape index (κ1) is 19.3. The molecule has 3 fully saturated rings. The van der Waals surface area contributed by atoms with Crippen LogP contribution >= 0.6 is 0 Å². The number of aromatic nitrogens is 3. The first-order valence-electron chi connectivity index (χ1n) is 11.0. The van der Waals surface area contributed by atoms with Crippen molar-refractivity contribution in [2.75, 3.05) is 52.9 Å². The van der Waals surface area contributed by atoms with Gasteiger partial charge in [-0.3, -0.25) is 4.90 Å². The molecule has 6 heteroatoms. The van der Waals surface area contributed by atoms with E-state index in [2.05, 4.69) is 50.5 Å². The monoisotopic (exact) mass is 374 g/mol. The third-order valence-electron chi connectivity index (χ3n) is 7.23. The molecule has 152 valence electrons. The van der Waals surface area contributed by atoms with Gasteiger partial charge >= 0.3 is 0 Å². The Morgan fingerprint density at radius 1 is 0.926 bits per heavy atom. The Morgan fingerprint density at radius 3 is 2.37 bits per heavy atom. The van der Waals surface area contributed by atoms with Gasteiger partial charge in [0, 0.05) is 26.1 Å². The highest BCUT2D eigenvalue weighted by atomic mass is 15.3. The Bertz CT molecular complexity index is 612. The number of hydrogen-bond acceptors (Lipinski definition) is 5. The van der Waals surface area contributed by atoms with Gasteiger partial charge in [0.15, 0.2) is 0 Å². The summed E-state index contributed by atoms with van der Waals surface area (Å²) in [6, 6.07) is 0. The molecule has 0 radical (unpaired) electrons. The quantitative estimate of drug-likeness (QED) is 0.791. The van der Waals surface area contributed by atoms with Crippen molar-refractivity contribution in [2.24, 2.45) is 12.5 Å². The van der Waals surface area contributed by atoms with Crippen LogP contribution < -0.4 is 0 Å². The fraction of sp³-hybridized carbons (Fsp3) is 0.905. The number of hydrogen-bond donors (Lipinski definition) is 0. The Labute approximate surface area is 164 Å². The van der Waals surface area contributed by atoms with Gasteiger partial charge in [0.1, 0.15) is 11.6 Å². The van der Waals surface area contributed by atoms with Gasteiger partial charge in [0.25, 0.3) is 0 Å². The van der Waals surface area contributed by atoms with Crippen LogP contribution in [0.2, 0.25) is 0 Å². The molecule has 0 amide bonds. The summed E-state index contributed by atoms with van der Waals surface area (Å²) >= 11 is 0. The van der Waals surface area contributed by atoms with Crippen LogP contribution in [0.3, 0.4) is 0 Å². The molecule has 0 saturated carbocycles. The molecule has 3 aliphatic rings. The van der Waals surface area contributed by atoms with Crippen LogP contribution in [0.25, 0.3) is 0 Å². The van der Waals surface area contributed by atoms with Gasteiger partial charge in [0.2, 0.25) is 0 Å². The first-order valence-corrected chi connectivity index (χ1v) is 11.0. The van der Waals surface area contributed by atoms with Gasteiger partial charge in [0.05, 0.1) is 6.54 Å². The van der Waals surface area contributed by atoms with E-state index in [0.717, 1.165) is 18.9 Å². The summed E-state index contributed by atoms with van der Waals surface area (Å²) < 4.78 is 2.30. The van der Waals surface area contributed by atoms with Crippen LogP contribution in [-0.2, 0) is 13.6 Å². The maximum absolute atomic E-state index is 4.64. The van der Waals surface area contributed by atoms with Gasteiger partial charge in [-0.25, -0.2) is 0 Å². The first-order chi connectivity index (χ1) is 13.0. The minimum Gasteiger partial charge on any atom is -0.317 e. The Morgan fingerprint density at radius 2 is 1.63 bits per heavy atom. The summed E-state index contributed by atoms with van der Waals surface area (Å²) in [4.78, 5) is 7.71. The van der Waals surface area contributed by atoms with E-state index in [9.17, 15) is 0 Å². The summed E-state index contributed by atoms with van der Waals surface area (Å²) in [5.41, 5.74) is 0.481. The van der Waals surface area contributed by atoms with Crippen molar-refractivity contribution >= 4 is 0 Å². The van der Waals surface area contributed by atoms with Crippen LogP contribution in [0.1, 0.15) is 63.0 Å². The number of likely N-dealkylation sites (tertiary alicyclic amines) is 3. The molecule has 3 saturated heterocycles. The molecule has 0 N–H and O–H groups in total. The molecule has 0 aliphatic carbocycles. The highest BCUT2D eigenvalue weighted by Crippen LogP contribution is 2.34. The SMILES string of the molecule is CN1CCC(C)(CN2CCCC(c3nnc(CN4CCCC4)n3C)C2)CC1. The summed E-state index contributed by atoms with van der Waals surface area (Å²) in [5.74, 6) is 2.90. The van der Waals surface area contributed by atoms with E-state index in [1.165, 1.54) is 83.6 Å². The number of nitrogens with zero attached hydrogens (tertiary/aromatic N) is 6. The molecule has 1 aromatic rings. The molecule has 0 aromatic carbocycles. The molecular formula is C21H38N6. The molecule has 4 rings (SSSR count). The van der Waals surface area contributed by atoms with E-state index in [-0.39, 0.29) is 0 Å². The fourth-order valence-electron chi connectivity index (χ4n) is 5.28. The molecule has 0 spiro atoms. The van der Waals surface area contributed by atoms with Gasteiger partial charge in [-0.2, -0.15) is 0 Å². The molecule has 3 aliphatic heterocycles. The second-order valence-corrected chi connectivity index (χ2v) is 9.70. The summed E-state index contributed by atoms with van der Waals surface area (Å²) in [7, 11) is 4.43. The smallest absolute Gasteiger partial charge is 0.146 e. The van der Waals surface area contributed by atoms with Crippen molar-refractivity contribution in [1.29, 1.82) is 0 Å². The van der Waals surface area contributed by atoms with Crippen LogP contribution in [-0.4, -0.2) is 82.3 Å². The van der Waals surface area contributed by atoms with Gasteiger partial charge in [-0.15, -0.1) is 10.2 Å². The lowest BCUT2D eigenvalue weighted by Gasteiger charge is -2.43. The average molecular weight is 375 g/mol. The predicted molar refractivity (Wildman–Crippen MR) is 109 cm³/mol. The van der Waals surface area contributed by atoms with E-state index < -0.39 is 0 Å². The third-order valence-corrected chi connectivity index (χ3v) is 7.23. The zero-order valence-corrected chi connectivity index (χ0v) is 17.7. The standard InChI is InChI=1S/C21H38N6/c1-21(8-13-24(2)14-9-21)17-27-12-6-7-18(15-27)20-23-22-19(25(20)3)16-26-10-4-5-11-26/h18H,4-17H2,1-3H3. The molecule has 1 aromatic heterocycles. The van der Waals surface area contributed by atoms with Crippen molar-refractivity contribution in [2.45, 2.75) is 57.9 Å². The maximum atomic E-state index is 4.64. The lowest BCUT2D eigenvalue weighted by Crippen LogP contribution is -2.46. The van der Waals surface area contributed by atoms with Crippen molar-refractivity contribution in [3.8, 4) is 0 Å². The summed E-state index contributed by atoms with van der Waals surface area (Å²) in [6.07, 6.45) is 7.86. The average Bonchev–Trinajstić information content (AvgIpc) is 3.29. The van der Waals surface area contributed by atoms with E-state index in [4.69, 9.17) is 0 Å². The summed E-state index contributed by atoms with van der Waals surface area (Å²) in [5, 5.41) is 9.21. The second kappa shape index (κ2) is 8.18. The molecular weight excluding hydrogens is 336 g/mol. The van der Waals surface area contributed by atoms with Crippen molar-refractivity contribution in [3.05, 3.63) is 11.6 Å². The van der Waals surface area contributed by atoms with Crippen molar-refractivity contribution in [1.82, 2.24) is 29.5 Å². The molecule has 4 heterocycles. The van der Waals surface area contributed by atoms with Crippen LogP contribution in [0.5, 0.6) is 0 Å². The van der Waals surface area contributed by atoms with Crippen LogP contribution in [0.4, 0.5) is 0 Å². The Balaban J connectivity index is 1.37. The van der Waals surface area contributed by atoms with Crippen molar-refractivity contribution in [3.63, 3.8) is 0 Å². The lowest BCUT2D eigenvalue weighted by atomic mass is 9.79. The molecule has 6 nitrogen and oxygen atoms in total. The highest BCUT2D eigenvalue weighted by molar-refractivity contribution is 5.04. The third kappa shape index (κ3) is 4.54. The molecule has 27 heavy (non-hydrogen) atoms. The van der Waals surface area contributed by atoms with E-state index in [1.54, 1.807) is 0 Å². The fourth-order valence-corrected chi connectivity index (χ4v) is 5.28. The van der Waals surface area contributed by atoms with Crippen LogP contribution in [0.15, 0.2) is 0 Å².